The molecular weight excluding hydrogens is 268 g/mol. The van der Waals surface area contributed by atoms with Gasteiger partial charge in [0.05, 0.1) is 12.2 Å². The molecule has 0 aliphatic carbocycles. The van der Waals surface area contributed by atoms with E-state index in [9.17, 15) is 24.9 Å². The minimum atomic E-state index is -2.39. The van der Waals surface area contributed by atoms with Crippen LogP contribution in [-0.2, 0) is 20.1 Å². The lowest BCUT2D eigenvalue weighted by Gasteiger charge is -2.30. The number of esters is 1. The van der Waals surface area contributed by atoms with Gasteiger partial charge >= 0.3 is 5.97 Å². The summed E-state index contributed by atoms with van der Waals surface area (Å²) in [7, 11) is 1.08. The van der Waals surface area contributed by atoms with Gasteiger partial charge in [-0.3, -0.25) is 4.79 Å². The summed E-state index contributed by atoms with van der Waals surface area (Å²) in [5, 5.41) is 29.5. The van der Waals surface area contributed by atoms with Crippen LogP contribution in [0, 0.1) is 0 Å². The van der Waals surface area contributed by atoms with Crippen molar-refractivity contribution in [1.29, 1.82) is 0 Å². The number of methoxy groups -OCH3 is 1. The second-order valence-corrected chi connectivity index (χ2v) is 3.95. The Morgan fingerprint density at radius 1 is 1.50 bits per heavy atom. The highest BCUT2D eigenvalue weighted by molar-refractivity contribution is 5.80. The molecule has 0 aromatic heterocycles. The average molecular weight is 284 g/mol. The molecule has 7 nitrogen and oxygen atoms in total. The SMILES string of the molecule is CCOC(=O)C(O)C(O)(OC)c1ccc(O)c(C=O)c1. The van der Waals surface area contributed by atoms with E-state index in [1.165, 1.54) is 6.07 Å². The highest BCUT2D eigenvalue weighted by Gasteiger charge is 2.44. The minimum absolute atomic E-state index is 0.0187. The normalized spacial score (nSPS) is 15.2. The van der Waals surface area contributed by atoms with Crippen LogP contribution in [0.3, 0.4) is 0 Å². The molecule has 1 rings (SSSR count). The number of hydrogen-bond donors (Lipinski definition) is 3. The summed E-state index contributed by atoms with van der Waals surface area (Å²) in [5.41, 5.74) is -0.186. The highest BCUT2D eigenvalue weighted by atomic mass is 16.6. The van der Waals surface area contributed by atoms with Crippen LogP contribution in [0.5, 0.6) is 5.75 Å². The van der Waals surface area contributed by atoms with Gasteiger partial charge in [0, 0.05) is 12.7 Å². The van der Waals surface area contributed by atoms with Crippen LogP contribution >= 0.6 is 0 Å². The zero-order valence-corrected chi connectivity index (χ0v) is 11.1. The molecule has 1 aromatic carbocycles. The first-order valence-corrected chi connectivity index (χ1v) is 5.81. The van der Waals surface area contributed by atoms with Gasteiger partial charge in [-0.15, -0.1) is 0 Å². The molecule has 0 saturated heterocycles. The summed E-state index contributed by atoms with van der Waals surface area (Å²) in [6.07, 6.45) is -1.64. The van der Waals surface area contributed by atoms with Gasteiger partial charge in [0.2, 0.25) is 11.9 Å². The fourth-order valence-electron chi connectivity index (χ4n) is 1.64. The fourth-order valence-corrected chi connectivity index (χ4v) is 1.64. The van der Waals surface area contributed by atoms with Gasteiger partial charge in [-0.2, -0.15) is 0 Å². The van der Waals surface area contributed by atoms with Crippen molar-refractivity contribution in [3.63, 3.8) is 0 Å². The van der Waals surface area contributed by atoms with E-state index < -0.39 is 17.9 Å². The Morgan fingerprint density at radius 2 is 2.15 bits per heavy atom. The summed E-state index contributed by atoms with van der Waals surface area (Å²) in [6.45, 7) is 1.56. The number of phenolic OH excluding ortho intramolecular Hbond substituents is 1. The molecular formula is C13H16O7. The molecule has 1 aromatic rings. The minimum Gasteiger partial charge on any atom is -0.507 e. The monoisotopic (exact) mass is 284 g/mol. The van der Waals surface area contributed by atoms with E-state index in [4.69, 9.17) is 4.74 Å². The van der Waals surface area contributed by atoms with Crippen molar-refractivity contribution in [1.82, 2.24) is 0 Å². The maximum Gasteiger partial charge on any atom is 0.341 e. The number of rotatable bonds is 6. The lowest BCUT2D eigenvalue weighted by Crippen LogP contribution is -2.47. The molecule has 3 N–H and O–H groups in total. The Balaban J connectivity index is 3.22. The quantitative estimate of drug-likeness (QED) is 0.380. The second-order valence-electron chi connectivity index (χ2n) is 3.95. The van der Waals surface area contributed by atoms with Gasteiger partial charge in [-0.05, 0) is 25.1 Å². The van der Waals surface area contributed by atoms with Crippen LogP contribution in [0.15, 0.2) is 18.2 Å². The fraction of sp³-hybridized carbons (Fsp3) is 0.385. The van der Waals surface area contributed by atoms with Crippen LogP contribution in [0.4, 0.5) is 0 Å². The van der Waals surface area contributed by atoms with E-state index in [0.717, 1.165) is 19.2 Å². The Bertz CT molecular complexity index is 499. The second kappa shape index (κ2) is 6.47. The number of aliphatic hydroxyl groups is 2. The zero-order chi connectivity index (χ0) is 15.3. The third kappa shape index (κ3) is 2.96. The molecule has 0 fully saturated rings. The Labute approximate surface area is 115 Å². The van der Waals surface area contributed by atoms with Crippen molar-refractivity contribution >= 4 is 12.3 Å². The predicted molar refractivity (Wildman–Crippen MR) is 67.0 cm³/mol. The van der Waals surface area contributed by atoms with Crippen LogP contribution in [-0.4, -0.2) is 47.4 Å². The summed E-state index contributed by atoms with van der Waals surface area (Å²) in [6, 6.07) is 3.46. The topological polar surface area (TPSA) is 113 Å². The number of aliphatic hydroxyl groups excluding tert-OH is 1. The molecule has 0 amide bonds. The first-order chi connectivity index (χ1) is 9.40. The number of carbonyl (C=O) groups is 2. The van der Waals surface area contributed by atoms with E-state index in [0.29, 0.717) is 6.29 Å². The maximum absolute atomic E-state index is 11.5. The molecule has 7 heteroatoms. The molecule has 0 saturated carbocycles. The van der Waals surface area contributed by atoms with Crippen LogP contribution in [0.2, 0.25) is 0 Å². The van der Waals surface area contributed by atoms with Gasteiger partial charge in [0.25, 0.3) is 0 Å². The highest BCUT2D eigenvalue weighted by Crippen LogP contribution is 2.30. The van der Waals surface area contributed by atoms with E-state index in [1.807, 2.05) is 0 Å². The zero-order valence-electron chi connectivity index (χ0n) is 11.1. The van der Waals surface area contributed by atoms with Crippen molar-refractivity contribution in [2.75, 3.05) is 13.7 Å². The number of hydrogen-bond acceptors (Lipinski definition) is 7. The number of aromatic hydroxyl groups is 1. The van der Waals surface area contributed by atoms with Crippen molar-refractivity contribution in [2.45, 2.75) is 18.8 Å². The molecule has 0 radical (unpaired) electrons. The summed E-state index contributed by atoms with van der Waals surface area (Å²) < 4.78 is 9.41. The molecule has 20 heavy (non-hydrogen) atoms. The summed E-state index contributed by atoms with van der Waals surface area (Å²) in [4.78, 5) is 22.3. The van der Waals surface area contributed by atoms with E-state index >= 15 is 0 Å². The number of ether oxygens (including phenoxy) is 2. The molecule has 110 valence electrons. The lowest BCUT2D eigenvalue weighted by atomic mass is 9.97. The number of carbonyl (C=O) groups excluding carboxylic acids is 2. The Morgan fingerprint density at radius 3 is 2.65 bits per heavy atom. The van der Waals surface area contributed by atoms with Gasteiger partial charge in [-0.1, -0.05) is 0 Å². The lowest BCUT2D eigenvalue weighted by molar-refractivity contribution is -0.254. The van der Waals surface area contributed by atoms with Crippen molar-refractivity contribution in [3.05, 3.63) is 29.3 Å². The molecule has 0 spiro atoms. The van der Waals surface area contributed by atoms with Gasteiger partial charge < -0.3 is 24.8 Å². The standard InChI is InChI=1S/C13H16O7/c1-3-20-12(17)11(16)13(18,19-2)9-4-5-10(15)8(6-9)7-14/h4-7,11,15-16,18H,3H2,1-2H3. The van der Waals surface area contributed by atoms with E-state index in [1.54, 1.807) is 6.92 Å². The molecule has 0 bridgehead atoms. The number of phenols is 1. The number of benzene rings is 1. The van der Waals surface area contributed by atoms with Crippen LogP contribution in [0.25, 0.3) is 0 Å². The molecule has 2 atom stereocenters. The van der Waals surface area contributed by atoms with Gasteiger partial charge in [0.1, 0.15) is 5.75 Å². The maximum atomic E-state index is 11.5. The van der Waals surface area contributed by atoms with Gasteiger partial charge in [-0.25, -0.2) is 4.79 Å². The Kier molecular flexibility index (Phi) is 5.20. The third-order valence-electron chi connectivity index (χ3n) is 2.76. The van der Waals surface area contributed by atoms with Crippen LogP contribution < -0.4 is 0 Å². The van der Waals surface area contributed by atoms with Crippen molar-refractivity contribution in [3.8, 4) is 5.75 Å². The molecule has 0 aliphatic rings. The van der Waals surface area contributed by atoms with E-state index in [-0.39, 0.29) is 23.5 Å². The first kappa shape index (κ1) is 16.1. The predicted octanol–water partition coefficient (Wildman–Crippen LogP) is -0.0798. The summed E-state index contributed by atoms with van der Waals surface area (Å²) in [5.74, 6) is -3.76. The first-order valence-electron chi connectivity index (χ1n) is 5.81. The summed E-state index contributed by atoms with van der Waals surface area (Å²) >= 11 is 0. The molecule has 2 unspecified atom stereocenters. The Hall–Kier alpha value is -1.96. The van der Waals surface area contributed by atoms with Crippen LogP contribution in [0.1, 0.15) is 22.8 Å². The largest absolute Gasteiger partial charge is 0.507 e. The molecule has 0 aliphatic heterocycles. The number of aldehydes is 1. The van der Waals surface area contributed by atoms with Gasteiger partial charge in [0.15, 0.2) is 6.29 Å². The average Bonchev–Trinajstić information content (AvgIpc) is 2.46. The van der Waals surface area contributed by atoms with E-state index in [2.05, 4.69) is 4.74 Å². The third-order valence-corrected chi connectivity index (χ3v) is 2.76. The smallest absolute Gasteiger partial charge is 0.341 e. The van der Waals surface area contributed by atoms with Crippen molar-refractivity contribution < 1.29 is 34.4 Å². The molecule has 0 heterocycles. The van der Waals surface area contributed by atoms with Crippen molar-refractivity contribution in [2.24, 2.45) is 0 Å².